The zero-order valence-corrected chi connectivity index (χ0v) is 38.5. The molecule has 1 aliphatic heterocycles. The van der Waals surface area contributed by atoms with E-state index in [-0.39, 0.29) is 0 Å². The summed E-state index contributed by atoms with van der Waals surface area (Å²) < 4.78 is 0. The third-order valence-corrected chi connectivity index (χ3v) is 20.0. The molecule has 0 saturated carbocycles. The van der Waals surface area contributed by atoms with Crippen LogP contribution in [0.25, 0.3) is 53.5 Å². The van der Waals surface area contributed by atoms with Crippen molar-refractivity contribution in [1.82, 2.24) is 9.97 Å². The van der Waals surface area contributed by atoms with Crippen LogP contribution >= 0.6 is 22.7 Å². The lowest BCUT2D eigenvalue weighted by Crippen LogP contribution is -2.55. The van der Waals surface area contributed by atoms with E-state index in [1.807, 2.05) is 22.7 Å². The van der Waals surface area contributed by atoms with Crippen molar-refractivity contribution >= 4 is 52.2 Å². The highest BCUT2D eigenvalue weighted by Gasteiger charge is 2.44. The maximum atomic E-state index is 5.49. The second-order valence-electron chi connectivity index (χ2n) is 17.0. The van der Waals surface area contributed by atoms with Crippen molar-refractivity contribution in [2.24, 2.45) is 0 Å². The van der Waals surface area contributed by atoms with Gasteiger partial charge in [0.15, 0.2) is 0 Å². The molecule has 0 spiro atoms. The summed E-state index contributed by atoms with van der Waals surface area (Å²) >= 11 is 3.79. The fourth-order valence-corrected chi connectivity index (χ4v) is 17.2. The van der Waals surface area contributed by atoms with E-state index < -0.39 is 8.07 Å². The summed E-state index contributed by atoms with van der Waals surface area (Å²) in [4.78, 5) is 16.2. The lowest BCUT2D eigenvalue weighted by Gasteiger charge is -2.31. The molecule has 3 aromatic heterocycles. The predicted molar refractivity (Wildman–Crippen MR) is 256 cm³/mol. The van der Waals surface area contributed by atoms with E-state index in [0.29, 0.717) is 0 Å². The Hall–Kier alpha value is -3.38. The van der Waals surface area contributed by atoms with Gasteiger partial charge in [0.1, 0.15) is 8.07 Å². The number of benzene rings is 3. The molecule has 0 amide bonds. The lowest BCUT2D eigenvalue weighted by molar-refractivity contribution is 0.616. The van der Waals surface area contributed by atoms with Gasteiger partial charge in [-0.2, -0.15) is 0 Å². The Kier molecular flexibility index (Phi) is 14.3. The third kappa shape index (κ3) is 9.11. The zero-order chi connectivity index (χ0) is 39.8. The third-order valence-electron chi connectivity index (χ3n) is 12.5. The van der Waals surface area contributed by atoms with E-state index in [0.717, 1.165) is 36.7 Å². The fourth-order valence-electron chi connectivity index (χ4n) is 9.53. The molecule has 57 heavy (non-hydrogen) atoms. The minimum absolute atomic E-state index is 0.968. The topological polar surface area (TPSA) is 25.8 Å². The van der Waals surface area contributed by atoms with Crippen LogP contribution in [0, 0.1) is 13.8 Å². The first kappa shape index (κ1) is 41.8. The zero-order valence-electron chi connectivity index (χ0n) is 35.9. The van der Waals surface area contributed by atoms with Crippen molar-refractivity contribution in [3.8, 4) is 42.4 Å². The number of hydrogen-bond donors (Lipinski definition) is 0. The first-order valence-electron chi connectivity index (χ1n) is 22.7. The minimum atomic E-state index is -1.98. The van der Waals surface area contributed by atoms with Gasteiger partial charge in [-0.15, -0.1) is 22.7 Å². The van der Waals surface area contributed by atoms with Gasteiger partial charge >= 0.3 is 0 Å². The van der Waals surface area contributed by atoms with E-state index in [1.165, 1.54) is 153 Å². The summed E-state index contributed by atoms with van der Waals surface area (Å²) in [5, 5.41) is 3.46. The molecule has 300 valence electrons. The van der Waals surface area contributed by atoms with Gasteiger partial charge < -0.3 is 0 Å². The maximum Gasteiger partial charge on any atom is 0.119 e. The molecule has 5 heteroatoms. The largest absolute Gasteiger partial charge is 0.249 e. The Morgan fingerprint density at radius 1 is 0.456 bits per heavy atom. The summed E-state index contributed by atoms with van der Waals surface area (Å²) in [6, 6.07) is 31.7. The molecule has 7 rings (SSSR count). The van der Waals surface area contributed by atoms with Gasteiger partial charge in [-0.1, -0.05) is 172 Å². The summed E-state index contributed by atoms with van der Waals surface area (Å²) in [5.41, 5.74) is 12.8. The van der Waals surface area contributed by atoms with Crippen LogP contribution in [-0.4, -0.2) is 18.0 Å². The molecular weight excluding hydrogens is 745 g/mol. The highest BCUT2D eigenvalue weighted by molar-refractivity contribution is 7.19. The quantitative estimate of drug-likeness (QED) is 0.0534. The van der Waals surface area contributed by atoms with E-state index in [9.17, 15) is 0 Å². The molecule has 0 unspecified atom stereocenters. The highest BCUT2D eigenvalue weighted by Crippen LogP contribution is 2.43. The normalized spacial score (nSPS) is 13.1. The summed E-state index contributed by atoms with van der Waals surface area (Å²) in [7, 11) is -1.98. The first-order chi connectivity index (χ1) is 27.9. The fraction of sp³-hybridized carbons (Fsp3) is 0.462. The van der Waals surface area contributed by atoms with Gasteiger partial charge in [-0.25, -0.2) is 9.97 Å². The highest BCUT2D eigenvalue weighted by atomic mass is 32.1. The lowest BCUT2D eigenvalue weighted by atomic mass is 10.0. The molecule has 3 aromatic carbocycles. The Morgan fingerprint density at radius 3 is 1.51 bits per heavy atom. The minimum Gasteiger partial charge on any atom is -0.249 e. The van der Waals surface area contributed by atoms with E-state index in [1.54, 1.807) is 10.4 Å². The van der Waals surface area contributed by atoms with Crippen LogP contribution < -0.4 is 10.4 Å². The molecular formula is C52H66N2S2Si. The monoisotopic (exact) mass is 810 g/mol. The number of rotatable bonds is 21. The molecule has 4 heterocycles. The number of nitrogens with zero attached hydrogens (tertiary/aromatic N) is 2. The van der Waals surface area contributed by atoms with Crippen LogP contribution in [0.5, 0.6) is 0 Å². The van der Waals surface area contributed by atoms with Gasteiger partial charge in [-0.3, -0.25) is 0 Å². The maximum absolute atomic E-state index is 5.49. The second-order valence-corrected chi connectivity index (χ2v) is 23.6. The van der Waals surface area contributed by atoms with Crippen LogP contribution in [0.4, 0.5) is 0 Å². The number of unbranched alkanes of at least 4 members (excludes halogenated alkanes) is 10. The average molecular weight is 811 g/mol. The van der Waals surface area contributed by atoms with Crippen molar-refractivity contribution in [2.75, 3.05) is 0 Å². The van der Waals surface area contributed by atoms with Crippen molar-refractivity contribution in [2.45, 2.75) is 156 Å². The molecule has 0 aliphatic carbocycles. The Morgan fingerprint density at radius 2 is 0.947 bits per heavy atom. The van der Waals surface area contributed by atoms with Gasteiger partial charge in [-0.05, 0) is 90.1 Å². The second kappa shape index (κ2) is 19.6. The van der Waals surface area contributed by atoms with Crippen molar-refractivity contribution in [1.29, 1.82) is 0 Å². The van der Waals surface area contributed by atoms with Crippen LogP contribution in [0.3, 0.4) is 0 Å². The smallest absolute Gasteiger partial charge is 0.119 e. The molecule has 1 aliphatic rings. The van der Waals surface area contributed by atoms with Gasteiger partial charge in [0, 0.05) is 30.6 Å². The van der Waals surface area contributed by atoms with E-state index >= 15 is 0 Å². The Labute approximate surface area is 353 Å². The summed E-state index contributed by atoms with van der Waals surface area (Å²) in [5.74, 6) is 0. The van der Waals surface area contributed by atoms with Crippen molar-refractivity contribution in [3.63, 3.8) is 0 Å². The Balaban J connectivity index is 1.28. The first-order valence-corrected chi connectivity index (χ1v) is 26.7. The van der Waals surface area contributed by atoms with Crippen LogP contribution in [0.15, 0.2) is 72.8 Å². The molecule has 2 nitrogen and oxygen atoms in total. The standard InChI is InChI=1S/C52H66N2S2Si/c1-7-11-13-15-17-19-33-57(34-20-18-16-14-12-8-2)49-35-37(5)23-26-40(49)41-27-25-39(36-50(41)57)46-31-32-48(56-46)43-29-28-42(47-30-24-38(6)55-47)51-52(43)54-45(22-10-4)44(53-51)21-9-3/h23-32,35-36H,7-22,33-34H2,1-6H3. The van der Waals surface area contributed by atoms with Crippen molar-refractivity contribution < 1.29 is 0 Å². The molecule has 0 N–H and O–H groups in total. The summed E-state index contributed by atoms with van der Waals surface area (Å²) in [6.45, 7) is 13.7. The van der Waals surface area contributed by atoms with Crippen LogP contribution in [0.1, 0.15) is 139 Å². The predicted octanol–water partition coefficient (Wildman–Crippen LogP) is 15.5. The van der Waals surface area contributed by atoms with Crippen LogP contribution in [-0.2, 0) is 12.8 Å². The van der Waals surface area contributed by atoms with Gasteiger partial charge in [0.2, 0.25) is 0 Å². The number of aryl methyl sites for hydroxylation is 4. The number of fused-ring (bicyclic) bond motifs is 4. The molecule has 0 radical (unpaired) electrons. The average Bonchev–Trinajstić information content (AvgIpc) is 3.95. The number of hydrogen-bond acceptors (Lipinski definition) is 4. The summed E-state index contributed by atoms with van der Waals surface area (Å²) in [6.07, 6.45) is 20.5. The molecule has 0 saturated heterocycles. The molecule has 6 aromatic rings. The van der Waals surface area contributed by atoms with Gasteiger partial charge in [0.25, 0.3) is 0 Å². The van der Waals surface area contributed by atoms with E-state index in [2.05, 4.69) is 114 Å². The van der Waals surface area contributed by atoms with Gasteiger partial charge in [0.05, 0.1) is 22.4 Å². The molecule has 0 atom stereocenters. The number of aromatic nitrogens is 2. The molecule has 0 fully saturated rings. The van der Waals surface area contributed by atoms with E-state index in [4.69, 9.17) is 9.97 Å². The van der Waals surface area contributed by atoms with Crippen LogP contribution in [0.2, 0.25) is 12.1 Å². The van der Waals surface area contributed by atoms with Crippen molar-refractivity contribution in [3.05, 3.63) is 94.6 Å². The Bertz CT molecular complexity index is 2240. The number of thiophene rings is 2. The molecule has 0 bridgehead atoms. The SMILES string of the molecule is CCCCCCCC[Si]1(CCCCCCCC)c2cc(C)ccc2-c2ccc(-c3ccc(-c4ccc(-c5ccc(C)s5)c5nc(CCC)c(CCC)nc45)s3)cc21.